The molecule has 0 bridgehead atoms. The second kappa shape index (κ2) is 5.75. The molecule has 7 heteroatoms. The Morgan fingerprint density at radius 3 is 2.77 bits per heavy atom. The lowest BCUT2D eigenvalue weighted by atomic mass is 10.2. The van der Waals surface area contributed by atoms with Crippen LogP contribution in [0.25, 0.3) is 22.4 Å². The van der Waals surface area contributed by atoms with Gasteiger partial charge >= 0.3 is 0 Å². The number of benzene rings is 2. The number of hydrogen-bond donors (Lipinski definition) is 1. The van der Waals surface area contributed by atoms with Gasteiger partial charge in [-0.05, 0) is 29.8 Å². The van der Waals surface area contributed by atoms with Gasteiger partial charge < -0.3 is 5.11 Å². The number of aromatic hydroxyl groups is 1. The Hall–Kier alpha value is -2.44. The minimum Gasteiger partial charge on any atom is -0.506 e. The molecular weight excluding hydrogens is 324 g/mol. The monoisotopic (exact) mass is 332 g/mol. The Morgan fingerprint density at radius 2 is 2.05 bits per heavy atom. The highest BCUT2D eigenvalue weighted by atomic mass is 35.5. The Morgan fingerprint density at radius 1 is 1.23 bits per heavy atom. The van der Waals surface area contributed by atoms with Gasteiger partial charge in [0.1, 0.15) is 10.8 Å². The maximum Gasteiger partial charge on any atom is 0.271 e. The first-order chi connectivity index (χ1) is 10.5. The fraction of sp³-hybridized carbons (Fsp3) is 0. The Bertz CT molecular complexity index is 905. The Kier molecular flexibility index (Phi) is 3.79. The maximum absolute atomic E-state index is 10.8. The number of aromatic nitrogens is 1. The molecule has 110 valence electrons. The fourth-order valence-electron chi connectivity index (χ4n) is 1.91. The number of non-ortho nitro benzene ring substituents is 1. The predicted molar refractivity (Wildman–Crippen MR) is 88.3 cm³/mol. The van der Waals surface area contributed by atoms with Crippen LogP contribution >= 0.6 is 22.9 Å². The third kappa shape index (κ3) is 2.93. The van der Waals surface area contributed by atoms with Crippen molar-refractivity contribution in [2.75, 3.05) is 0 Å². The Labute approximate surface area is 134 Å². The van der Waals surface area contributed by atoms with E-state index in [1.807, 2.05) is 6.08 Å². The lowest BCUT2D eigenvalue weighted by molar-refractivity contribution is -0.384. The minimum absolute atomic E-state index is 0.0265. The van der Waals surface area contributed by atoms with Gasteiger partial charge in [0.05, 0.1) is 20.2 Å². The summed E-state index contributed by atoms with van der Waals surface area (Å²) in [6.45, 7) is 0. The summed E-state index contributed by atoms with van der Waals surface area (Å²) in [5.41, 5.74) is 1.45. The van der Waals surface area contributed by atoms with Gasteiger partial charge in [-0.25, -0.2) is 4.98 Å². The molecule has 22 heavy (non-hydrogen) atoms. The van der Waals surface area contributed by atoms with Gasteiger partial charge in [0.2, 0.25) is 0 Å². The number of hydrogen-bond acceptors (Lipinski definition) is 5. The van der Waals surface area contributed by atoms with Crippen LogP contribution in [-0.2, 0) is 0 Å². The molecule has 1 heterocycles. The number of phenols is 1. The number of thiazole rings is 1. The summed E-state index contributed by atoms with van der Waals surface area (Å²) in [6, 6.07) is 9.51. The number of phenolic OH excluding ortho intramolecular Hbond substituents is 1. The number of fused-ring (bicyclic) bond motifs is 1. The zero-order valence-corrected chi connectivity index (χ0v) is 12.6. The molecule has 0 unspecified atom stereocenters. The molecule has 1 N–H and O–H groups in total. The molecular formula is C15H9ClN2O3S. The largest absolute Gasteiger partial charge is 0.506 e. The lowest BCUT2D eigenvalue weighted by Gasteiger charge is -1.97. The van der Waals surface area contributed by atoms with E-state index >= 15 is 0 Å². The van der Waals surface area contributed by atoms with E-state index in [0.29, 0.717) is 5.52 Å². The van der Waals surface area contributed by atoms with E-state index in [-0.39, 0.29) is 16.5 Å². The average Bonchev–Trinajstić information content (AvgIpc) is 2.90. The maximum atomic E-state index is 10.8. The van der Waals surface area contributed by atoms with Gasteiger partial charge in [-0.2, -0.15) is 0 Å². The zero-order valence-electron chi connectivity index (χ0n) is 11.1. The molecule has 0 spiro atoms. The summed E-state index contributed by atoms with van der Waals surface area (Å²) in [6.07, 6.45) is 3.62. The number of halogens is 1. The fourth-order valence-corrected chi connectivity index (χ4v) is 2.95. The van der Waals surface area contributed by atoms with Crippen LogP contribution in [0.1, 0.15) is 10.6 Å². The highest BCUT2D eigenvalue weighted by molar-refractivity contribution is 7.19. The molecule has 3 rings (SSSR count). The third-order valence-corrected chi connectivity index (χ3v) is 4.29. The van der Waals surface area contributed by atoms with E-state index in [0.717, 1.165) is 15.3 Å². The first kappa shape index (κ1) is 14.5. The second-order valence-corrected chi connectivity index (χ2v) is 5.97. The van der Waals surface area contributed by atoms with E-state index < -0.39 is 4.92 Å². The van der Waals surface area contributed by atoms with E-state index in [1.54, 1.807) is 24.3 Å². The van der Waals surface area contributed by atoms with Gasteiger partial charge in [-0.3, -0.25) is 10.1 Å². The minimum atomic E-state index is -0.438. The van der Waals surface area contributed by atoms with Gasteiger partial charge in [-0.15, -0.1) is 11.3 Å². The molecule has 0 radical (unpaired) electrons. The smallest absolute Gasteiger partial charge is 0.271 e. The van der Waals surface area contributed by atoms with Gasteiger partial charge in [0.25, 0.3) is 5.69 Å². The van der Waals surface area contributed by atoms with Crippen LogP contribution in [0.3, 0.4) is 0 Å². The second-order valence-electron chi connectivity index (χ2n) is 4.51. The summed E-state index contributed by atoms with van der Waals surface area (Å²) < 4.78 is 0.883. The predicted octanol–water partition coefficient (Wildman–Crippen LogP) is 4.73. The summed E-state index contributed by atoms with van der Waals surface area (Å²) in [4.78, 5) is 14.7. The van der Waals surface area contributed by atoms with Crippen LogP contribution in [0.5, 0.6) is 5.75 Å². The number of nitro groups is 1. The molecule has 0 atom stereocenters. The van der Waals surface area contributed by atoms with Crippen LogP contribution in [0, 0.1) is 10.1 Å². The van der Waals surface area contributed by atoms with Crippen LogP contribution in [-0.4, -0.2) is 15.0 Å². The third-order valence-electron chi connectivity index (χ3n) is 2.99. The molecule has 5 nitrogen and oxygen atoms in total. The number of rotatable bonds is 3. The summed E-state index contributed by atoms with van der Waals surface area (Å²) in [5, 5.41) is 21.1. The number of nitrogens with zero attached hydrogens (tertiary/aromatic N) is 2. The van der Waals surface area contributed by atoms with Crippen molar-refractivity contribution in [1.29, 1.82) is 0 Å². The highest BCUT2D eigenvalue weighted by Gasteiger charge is 2.09. The first-order valence-corrected chi connectivity index (χ1v) is 7.44. The molecule has 2 aromatic carbocycles. The molecule has 0 saturated carbocycles. The standard InChI is InChI=1S/C15H9ClN2O3S/c16-11-7-9(1-4-13(11)19)2-6-15-17-12-8-10(18(20)21)3-5-14(12)22-15/h1-8,19H/b6-2+. The molecule has 1 aromatic heterocycles. The van der Waals surface area contributed by atoms with E-state index in [1.165, 1.54) is 29.5 Å². The molecule has 0 saturated heterocycles. The summed E-state index contributed by atoms with van der Waals surface area (Å²) in [7, 11) is 0. The first-order valence-electron chi connectivity index (χ1n) is 6.24. The van der Waals surface area contributed by atoms with Gasteiger partial charge in [0, 0.05) is 12.1 Å². The van der Waals surface area contributed by atoms with Crippen molar-refractivity contribution in [3.8, 4) is 5.75 Å². The molecule has 0 aliphatic heterocycles. The normalized spacial score (nSPS) is 11.3. The lowest BCUT2D eigenvalue weighted by Crippen LogP contribution is -1.86. The van der Waals surface area contributed by atoms with Crippen molar-refractivity contribution in [2.45, 2.75) is 0 Å². The molecule has 3 aromatic rings. The van der Waals surface area contributed by atoms with Crippen molar-refractivity contribution < 1.29 is 10.0 Å². The molecule has 0 aliphatic carbocycles. The number of nitro benzene ring substituents is 1. The van der Waals surface area contributed by atoms with Crippen LogP contribution in [0.4, 0.5) is 5.69 Å². The van der Waals surface area contributed by atoms with Crippen LogP contribution < -0.4 is 0 Å². The zero-order chi connectivity index (χ0) is 15.7. The SMILES string of the molecule is O=[N+]([O-])c1ccc2sc(/C=C/c3ccc(O)c(Cl)c3)nc2c1. The van der Waals surface area contributed by atoms with Crippen molar-refractivity contribution in [3.05, 3.63) is 62.1 Å². The van der Waals surface area contributed by atoms with Gasteiger partial charge in [0.15, 0.2) is 0 Å². The van der Waals surface area contributed by atoms with E-state index in [9.17, 15) is 15.2 Å². The summed E-state index contributed by atoms with van der Waals surface area (Å²) >= 11 is 7.29. The highest BCUT2D eigenvalue weighted by Crippen LogP contribution is 2.28. The van der Waals surface area contributed by atoms with Crippen molar-refractivity contribution in [2.24, 2.45) is 0 Å². The Balaban J connectivity index is 1.91. The topological polar surface area (TPSA) is 76.3 Å². The van der Waals surface area contributed by atoms with Crippen molar-refractivity contribution in [3.63, 3.8) is 0 Å². The molecule has 0 amide bonds. The van der Waals surface area contributed by atoms with E-state index in [4.69, 9.17) is 11.6 Å². The summed E-state index contributed by atoms with van der Waals surface area (Å²) in [5.74, 6) is 0.0334. The van der Waals surface area contributed by atoms with Gasteiger partial charge in [-0.1, -0.05) is 23.7 Å². The molecule has 0 aliphatic rings. The average molecular weight is 333 g/mol. The van der Waals surface area contributed by atoms with E-state index in [2.05, 4.69) is 4.98 Å². The quantitative estimate of drug-likeness (QED) is 0.555. The van der Waals surface area contributed by atoms with Crippen molar-refractivity contribution in [1.82, 2.24) is 4.98 Å². The molecule has 0 fully saturated rings. The van der Waals surface area contributed by atoms with Crippen LogP contribution in [0.2, 0.25) is 5.02 Å². The van der Waals surface area contributed by atoms with Crippen molar-refractivity contribution >= 4 is 51.0 Å². The van der Waals surface area contributed by atoms with Crippen LogP contribution in [0.15, 0.2) is 36.4 Å².